The average molecular weight is 283 g/mol. The Balaban J connectivity index is 1.70. The third kappa shape index (κ3) is 2.74. The van der Waals surface area contributed by atoms with Crippen molar-refractivity contribution in [2.24, 2.45) is 0 Å². The molecule has 0 spiro atoms. The molecule has 2 N–H and O–H groups in total. The van der Waals surface area contributed by atoms with Crippen LogP contribution in [0.4, 0.5) is 0 Å². The Morgan fingerprint density at radius 1 is 1.19 bits per heavy atom. The molecule has 0 radical (unpaired) electrons. The predicted molar refractivity (Wildman–Crippen MR) is 83.7 cm³/mol. The Morgan fingerprint density at radius 3 is 2.67 bits per heavy atom. The summed E-state index contributed by atoms with van der Waals surface area (Å²) in [5.41, 5.74) is 3.92. The van der Waals surface area contributed by atoms with E-state index in [0.717, 1.165) is 18.5 Å². The average Bonchev–Trinajstić information content (AvgIpc) is 2.82. The molecule has 3 heteroatoms. The van der Waals surface area contributed by atoms with Gasteiger partial charge < -0.3 is 15.2 Å². The third-order valence-electron chi connectivity index (χ3n) is 4.29. The molecule has 0 aliphatic heterocycles. The Kier molecular flexibility index (Phi) is 3.84. The van der Waals surface area contributed by atoms with E-state index in [4.69, 9.17) is 4.74 Å². The van der Waals surface area contributed by atoms with E-state index >= 15 is 0 Å². The van der Waals surface area contributed by atoms with Gasteiger partial charge in [0.25, 0.3) is 0 Å². The van der Waals surface area contributed by atoms with Crippen molar-refractivity contribution in [1.29, 1.82) is 0 Å². The number of hydrogen-bond acceptors (Lipinski definition) is 3. The van der Waals surface area contributed by atoms with Crippen LogP contribution in [0.15, 0.2) is 42.5 Å². The van der Waals surface area contributed by atoms with Gasteiger partial charge in [-0.15, -0.1) is 0 Å². The minimum absolute atomic E-state index is 0.192. The molecule has 1 aliphatic carbocycles. The van der Waals surface area contributed by atoms with Crippen molar-refractivity contribution in [1.82, 2.24) is 5.32 Å². The molecule has 0 aromatic heterocycles. The van der Waals surface area contributed by atoms with Gasteiger partial charge in [0.05, 0.1) is 7.11 Å². The maximum atomic E-state index is 9.83. The second-order valence-corrected chi connectivity index (χ2v) is 5.71. The number of phenolic OH excluding ortho intramolecular Hbond substituents is 1. The Morgan fingerprint density at radius 2 is 1.95 bits per heavy atom. The highest BCUT2D eigenvalue weighted by Gasteiger charge is 2.27. The fraction of sp³-hybridized carbons (Fsp3) is 0.333. The van der Waals surface area contributed by atoms with Gasteiger partial charge in [0.1, 0.15) is 0 Å². The molecule has 0 bridgehead atoms. The number of nitrogens with one attached hydrogen (secondary N) is 1. The zero-order chi connectivity index (χ0) is 14.8. The first-order chi connectivity index (χ1) is 10.2. The van der Waals surface area contributed by atoms with Crippen molar-refractivity contribution in [3.8, 4) is 11.5 Å². The fourth-order valence-corrected chi connectivity index (χ4v) is 3.16. The lowest BCUT2D eigenvalue weighted by Crippen LogP contribution is -2.18. The Hall–Kier alpha value is -2.00. The van der Waals surface area contributed by atoms with Crippen LogP contribution in [0.2, 0.25) is 0 Å². The van der Waals surface area contributed by atoms with Crippen LogP contribution in [0.5, 0.6) is 11.5 Å². The van der Waals surface area contributed by atoms with E-state index < -0.39 is 0 Å². The van der Waals surface area contributed by atoms with E-state index in [1.54, 1.807) is 19.2 Å². The maximum absolute atomic E-state index is 9.83. The lowest BCUT2D eigenvalue weighted by molar-refractivity contribution is 0.372. The summed E-state index contributed by atoms with van der Waals surface area (Å²) in [6, 6.07) is 14.6. The molecular formula is C18H21NO2. The maximum Gasteiger partial charge on any atom is 0.160 e. The summed E-state index contributed by atoms with van der Waals surface area (Å²) in [6.45, 7) is 3.02. The Labute approximate surface area is 125 Å². The first-order valence-electron chi connectivity index (χ1n) is 7.37. The number of phenols is 1. The molecule has 0 unspecified atom stereocenters. The van der Waals surface area contributed by atoms with Crippen molar-refractivity contribution in [3.63, 3.8) is 0 Å². The molecule has 1 aliphatic rings. The van der Waals surface area contributed by atoms with E-state index in [9.17, 15) is 5.11 Å². The lowest BCUT2D eigenvalue weighted by Gasteiger charge is -2.15. The van der Waals surface area contributed by atoms with Crippen molar-refractivity contribution in [3.05, 3.63) is 59.2 Å². The van der Waals surface area contributed by atoms with Crippen LogP contribution in [0.1, 0.15) is 42.0 Å². The smallest absolute Gasteiger partial charge is 0.160 e. The number of benzene rings is 2. The fourth-order valence-electron chi connectivity index (χ4n) is 3.16. The van der Waals surface area contributed by atoms with E-state index in [1.807, 2.05) is 6.07 Å². The summed E-state index contributed by atoms with van der Waals surface area (Å²) in [7, 11) is 1.56. The highest BCUT2D eigenvalue weighted by molar-refractivity contribution is 5.42. The minimum atomic E-state index is 0.192. The SMILES string of the molecule is COc1ccc(CN[C@H]2C[C@@H](C)c3ccccc32)cc1O. The molecule has 0 saturated heterocycles. The number of methoxy groups -OCH3 is 1. The van der Waals surface area contributed by atoms with Crippen LogP contribution in [-0.4, -0.2) is 12.2 Å². The summed E-state index contributed by atoms with van der Waals surface area (Å²) in [6.07, 6.45) is 1.13. The molecule has 2 atom stereocenters. The van der Waals surface area contributed by atoms with Crippen LogP contribution in [0, 0.1) is 0 Å². The monoisotopic (exact) mass is 283 g/mol. The number of fused-ring (bicyclic) bond motifs is 1. The van der Waals surface area contributed by atoms with E-state index in [0.29, 0.717) is 17.7 Å². The van der Waals surface area contributed by atoms with E-state index in [1.165, 1.54) is 11.1 Å². The van der Waals surface area contributed by atoms with Gasteiger partial charge in [-0.3, -0.25) is 0 Å². The van der Waals surface area contributed by atoms with Crippen LogP contribution < -0.4 is 10.1 Å². The molecule has 3 rings (SSSR count). The number of aromatic hydroxyl groups is 1. The number of hydrogen-bond donors (Lipinski definition) is 2. The summed E-state index contributed by atoms with van der Waals surface area (Å²) in [5.74, 6) is 1.30. The predicted octanol–water partition coefficient (Wildman–Crippen LogP) is 3.74. The molecule has 0 saturated carbocycles. The molecular weight excluding hydrogens is 262 g/mol. The zero-order valence-electron chi connectivity index (χ0n) is 12.5. The standard InChI is InChI=1S/C18H21NO2/c1-12-9-16(15-6-4-3-5-14(12)15)19-11-13-7-8-18(21-2)17(20)10-13/h3-8,10,12,16,19-20H,9,11H2,1-2H3/t12-,16+/m1/s1. The van der Waals surface area contributed by atoms with Crippen LogP contribution in [0.25, 0.3) is 0 Å². The summed E-state index contributed by atoms with van der Waals surface area (Å²) in [4.78, 5) is 0. The van der Waals surface area contributed by atoms with Crippen molar-refractivity contribution in [2.45, 2.75) is 31.8 Å². The topological polar surface area (TPSA) is 41.5 Å². The highest BCUT2D eigenvalue weighted by atomic mass is 16.5. The molecule has 2 aromatic carbocycles. The van der Waals surface area contributed by atoms with Crippen LogP contribution in [-0.2, 0) is 6.54 Å². The minimum Gasteiger partial charge on any atom is -0.504 e. The highest BCUT2D eigenvalue weighted by Crippen LogP contribution is 2.39. The molecule has 0 heterocycles. The van der Waals surface area contributed by atoms with Crippen molar-refractivity contribution < 1.29 is 9.84 Å². The Bertz CT molecular complexity index is 639. The van der Waals surface area contributed by atoms with Gasteiger partial charge in [0.2, 0.25) is 0 Å². The molecule has 2 aromatic rings. The van der Waals surface area contributed by atoms with Crippen LogP contribution in [0.3, 0.4) is 0 Å². The largest absolute Gasteiger partial charge is 0.504 e. The van der Waals surface area contributed by atoms with Gasteiger partial charge in [-0.25, -0.2) is 0 Å². The van der Waals surface area contributed by atoms with Crippen molar-refractivity contribution in [2.75, 3.05) is 7.11 Å². The van der Waals surface area contributed by atoms with E-state index in [-0.39, 0.29) is 5.75 Å². The summed E-state index contributed by atoms with van der Waals surface area (Å²) in [5, 5.41) is 13.4. The zero-order valence-corrected chi connectivity index (χ0v) is 12.5. The molecule has 0 fully saturated rings. The molecule has 3 nitrogen and oxygen atoms in total. The first kappa shape index (κ1) is 14.0. The lowest BCUT2D eigenvalue weighted by atomic mass is 10.0. The molecule has 110 valence electrons. The number of ether oxygens (including phenoxy) is 1. The van der Waals surface area contributed by atoms with Crippen molar-refractivity contribution >= 4 is 0 Å². The second kappa shape index (κ2) is 5.78. The second-order valence-electron chi connectivity index (χ2n) is 5.71. The summed E-state index contributed by atoms with van der Waals surface area (Å²) >= 11 is 0. The number of rotatable bonds is 4. The normalized spacial score (nSPS) is 20.3. The van der Waals surface area contributed by atoms with Gasteiger partial charge in [0, 0.05) is 12.6 Å². The third-order valence-corrected chi connectivity index (χ3v) is 4.29. The van der Waals surface area contributed by atoms with Gasteiger partial charge in [-0.1, -0.05) is 37.3 Å². The first-order valence-corrected chi connectivity index (χ1v) is 7.37. The van der Waals surface area contributed by atoms with E-state index in [2.05, 4.69) is 36.5 Å². The van der Waals surface area contributed by atoms with Crippen LogP contribution >= 0.6 is 0 Å². The van der Waals surface area contributed by atoms with Gasteiger partial charge in [-0.05, 0) is 41.2 Å². The van der Waals surface area contributed by atoms with Gasteiger partial charge in [-0.2, -0.15) is 0 Å². The summed E-state index contributed by atoms with van der Waals surface area (Å²) < 4.78 is 5.07. The quantitative estimate of drug-likeness (QED) is 0.898. The molecule has 21 heavy (non-hydrogen) atoms. The van der Waals surface area contributed by atoms with Gasteiger partial charge in [0.15, 0.2) is 11.5 Å². The van der Waals surface area contributed by atoms with Gasteiger partial charge >= 0.3 is 0 Å². The molecule has 0 amide bonds.